The lowest BCUT2D eigenvalue weighted by Gasteiger charge is -1.91. The first-order valence-electron chi connectivity index (χ1n) is 3.26. The van der Waals surface area contributed by atoms with Crippen molar-refractivity contribution in [1.29, 1.82) is 0 Å². The smallest absolute Gasteiger partial charge is 0.241 e. The molecule has 1 rings (SSSR count). The number of halogens is 1. The van der Waals surface area contributed by atoms with Crippen LogP contribution < -0.4 is 5.73 Å². The molecule has 1 aromatic heterocycles. The normalized spacial score (nSPS) is 10.4. The number of amides is 1. The van der Waals surface area contributed by atoms with Gasteiger partial charge in [-0.15, -0.1) is 0 Å². The first-order valence-corrected chi connectivity index (χ1v) is 4.06. The molecule has 0 saturated heterocycles. The van der Waals surface area contributed by atoms with Crippen LogP contribution in [0, 0.1) is 0 Å². The van der Waals surface area contributed by atoms with Crippen LogP contribution in [0.15, 0.2) is 29.0 Å². The Bertz CT molecular complexity index is 323. The molecule has 0 saturated carbocycles. The van der Waals surface area contributed by atoms with Gasteiger partial charge in [0, 0.05) is 22.9 Å². The number of hydrogen-bond acceptors (Lipinski definition) is 2. The molecule has 0 bridgehead atoms. The van der Waals surface area contributed by atoms with Crippen LogP contribution in [0.2, 0.25) is 0 Å². The van der Waals surface area contributed by atoms with Gasteiger partial charge < -0.3 is 5.73 Å². The first-order chi connectivity index (χ1) is 5.68. The van der Waals surface area contributed by atoms with Gasteiger partial charge in [-0.2, -0.15) is 0 Å². The number of hydrogen-bond donors (Lipinski definition) is 1. The highest BCUT2D eigenvalue weighted by atomic mass is 79.9. The second-order valence-electron chi connectivity index (χ2n) is 2.17. The highest BCUT2D eigenvalue weighted by Crippen LogP contribution is 2.10. The van der Waals surface area contributed by atoms with Gasteiger partial charge in [0.1, 0.15) is 0 Å². The van der Waals surface area contributed by atoms with Crippen molar-refractivity contribution in [3.63, 3.8) is 0 Å². The molecule has 0 atom stereocenters. The van der Waals surface area contributed by atoms with E-state index in [-0.39, 0.29) is 0 Å². The summed E-state index contributed by atoms with van der Waals surface area (Å²) in [6.07, 6.45) is 6.22. The lowest BCUT2D eigenvalue weighted by molar-refractivity contribution is -0.113. The van der Waals surface area contributed by atoms with Crippen molar-refractivity contribution in [2.24, 2.45) is 5.73 Å². The van der Waals surface area contributed by atoms with E-state index >= 15 is 0 Å². The van der Waals surface area contributed by atoms with Crippen LogP contribution in [0.25, 0.3) is 6.08 Å². The zero-order chi connectivity index (χ0) is 8.97. The van der Waals surface area contributed by atoms with E-state index in [1.807, 2.05) is 6.07 Å². The summed E-state index contributed by atoms with van der Waals surface area (Å²) in [4.78, 5) is 14.3. The van der Waals surface area contributed by atoms with Gasteiger partial charge in [0.25, 0.3) is 0 Å². The van der Waals surface area contributed by atoms with Gasteiger partial charge in [-0.05, 0) is 33.6 Å². The molecule has 4 heteroatoms. The van der Waals surface area contributed by atoms with Gasteiger partial charge in [0.2, 0.25) is 5.91 Å². The summed E-state index contributed by atoms with van der Waals surface area (Å²) in [6.45, 7) is 0. The maximum Gasteiger partial charge on any atom is 0.241 e. The molecule has 0 aromatic carbocycles. The minimum Gasteiger partial charge on any atom is -0.366 e. The monoisotopic (exact) mass is 226 g/mol. The number of aromatic nitrogens is 1. The van der Waals surface area contributed by atoms with Crippen LogP contribution >= 0.6 is 15.9 Å². The first kappa shape index (κ1) is 8.93. The molecule has 3 nitrogen and oxygen atoms in total. The minimum atomic E-state index is -0.463. The van der Waals surface area contributed by atoms with Crippen LogP contribution in [0.5, 0.6) is 0 Å². The molecule has 62 valence electrons. The summed E-state index contributed by atoms with van der Waals surface area (Å²) in [5, 5.41) is 0. The molecule has 2 N–H and O–H groups in total. The summed E-state index contributed by atoms with van der Waals surface area (Å²) >= 11 is 3.26. The molecule has 1 amide bonds. The van der Waals surface area contributed by atoms with Gasteiger partial charge in [-0.1, -0.05) is 0 Å². The fourth-order valence-electron chi connectivity index (χ4n) is 0.698. The molecule has 0 aliphatic heterocycles. The van der Waals surface area contributed by atoms with Crippen molar-refractivity contribution >= 4 is 27.9 Å². The Kier molecular flexibility index (Phi) is 2.99. The van der Waals surface area contributed by atoms with E-state index in [1.165, 1.54) is 6.08 Å². The van der Waals surface area contributed by atoms with Gasteiger partial charge in [-0.3, -0.25) is 9.78 Å². The number of rotatable bonds is 2. The largest absolute Gasteiger partial charge is 0.366 e. The Morgan fingerprint density at radius 2 is 2.33 bits per heavy atom. The molecule has 12 heavy (non-hydrogen) atoms. The molecule has 0 fully saturated rings. The van der Waals surface area contributed by atoms with E-state index in [9.17, 15) is 4.79 Å². The lowest BCUT2D eigenvalue weighted by atomic mass is 10.2. The van der Waals surface area contributed by atoms with Crippen molar-refractivity contribution in [3.05, 3.63) is 34.6 Å². The summed E-state index contributed by atoms with van der Waals surface area (Å²) < 4.78 is 0.870. The van der Waals surface area contributed by atoms with E-state index in [1.54, 1.807) is 18.5 Å². The topological polar surface area (TPSA) is 56.0 Å². The average molecular weight is 227 g/mol. The predicted octanol–water partition coefficient (Wildman–Crippen LogP) is 1.34. The number of carbonyl (C=O) groups is 1. The van der Waals surface area contributed by atoms with Crippen molar-refractivity contribution < 1.29 is 4.79 Å². The summed E-state index contributed by atoms with van der Waals surface area (Å²) in [7, 11) is 0. The Hall–Kier alpha value is -1.16. The number of nitrogens with two attached hydrogens (primary N) is 1. The fraction of sp³-hybridized carbons (Fsp3) is 0. The van der Waals surface area contributed by atoms with Crippen molar-refractivity contribution in [2.45, 2.75) is 0 Å². The average Bonchev–Trinajstić information content (AvgIpc) is 2.01. The second-order valence-corrected chi connectivity index (χ2v) is 3.09. The van der Waals surface area contributed by atoms with E-state index < -0.39 is 5.91 Å². The number of pyridine rings is 1. The standard InChI is InChI=1S/C8H7BrN2O/c9-7-3-6(4-11-5-7)1-2-8(10)12/h1-5H,(H2,10,12). The van der Waals surface area contributed by atoms with Gasteiger partial charge in [-0.25, -0.2) is 0 Å². The highest BCUT2D eigenvalue weighted by molar-refractivity contribution is 9.10. The van der Waals surface area contributed by atoms with Crippen LogP contribution in [0.4, 0.5) is 0 Å². The third-order valence-corrected chi connectivity index (χ3v) is 1.60. The van der Waals surface area contributed by atoms with E-state index in [0.717, 1.165) is 10.0 Å². The van der Waals surface area contributed by atoms with Crippen molar-refractivity contribution in [1.82, 2.24) is 4.98 Å². The summed E-state index contributed by atoms with van der Waals surface area (Å²) in [5.74, 6) is -0.463. The van der Waals surface area contributed by atoms with Gasteiger partial charge in [0.05, 0.1) is 0 Å². The Morgan fingerprint density at radius 1 is 1.58 bits per heavy atom. The Balaban J connectivity index is 2.83. The third-order valence-electron chi connectivity index (χ3n) is 1.17. The maximum absolute atomic E-state index is 10.4. The van der Waals surface area contributed by atoms with Gasteiger partial charge in [0.15, 0.2) is 0 Å². The molecule has 0 aliphatic rings. The number of primary amides is 1. The second kappa shape index (κ2) is 4.01. The Labute approximate surface area is 78.4 Å². The van der Waals surface area contributed by atoms with Crippen LogP contribution in [-0.2, 0) is 4.79 Å². The summed E-state index contributed by atoms with van der Waals surface area (Å²) in [6, 6.07) is 1.84. The molecule has 1 heterocycles. The van der Waals surface area contributed by atoms with E-state index in [4.69, 9.17) is 5.73 Å². The van der Waals surface area contributed by atoms with Crippen molar-refractivity contribution in [2.75, 3.05) is 0 Å². The van der Waals surface area contributed by atoms with E-state index in [0.29, 0.717) is 0 Å². The van der Waals surface area contributed by atoms with Gasteiger partial charge >= 0.3 is 0 Å². The summed E-state index contributed by atoms with van der Waals surface area (Å²) in [5.41, 5.74) is 5.76. The molecule has 0 unspecified atom stereocenters. The quantitative estimate of drug-likeness (QED) is 0.775. The predicted molar refractivity (Wildman–Crippen MR) is 50.2 cm³/mol. The Morgan fingerprint density at radius 3 is 2.92 bits per heavy atom. The molecule has 0 aliphatic carbocycles. The van der Waals surface area contributed by atoms with Crippen LogP contribution in [0.1, 0.15) is 5.56 Å². The molecular formula is C8H7BrN2O. The molecular weight excluding hydrogens is 220 g/mol. The fourth-order valence-corrected chi connectivity index (χ4v) is 1.08. The van der Waals surface area contributed by atoms with Crippen molar-refractivity contribution in [3.8, 4) is 0 Å². The third kappa shape index (κ3) is 2.84. The van der Waals surface area contributed by atoms with Crippen LogP contribution in [0.3, 0.4) is 0 Å². The van der Waals surface area contributed by atoms with E-state index in [2.05, 4.69) is 20.9 Å². The zero-order valence-corrected chi connectivity index (χ0v) is 7.78. The minimum absolute atomic E-state index is 0.463. The molecule has 0 radical (unpaired) electrons. The lowest BCUT2D eigenvalue weighted by Crippen LogP contribution is -2.05. The highest BCUT2D eigenvalue weighted by Gasteiger charge is 1.89. The molecule has 1 aromatic rings. The SMILES string of the molecule is NC(=O)C=Cc1cncc(Br)c1. The van der Waals surface area contributed by atoms with Crippen LogP contribution in [-0.4, -0.2) is 10.9 Å². The number of nitrogens with zero attached hydrogens (tertiary/aromatic N) is 1. The number of carbonyl (C=O) groups excluding carboxylic acids is 1. The maximum atomic E-state index is 10.4. The zero-order valence-electron chi connectivity index (χ0n) is 6.20. The molecule has 0 spiro atoms.